The topological polar surface area (TPSA) is 93.8 Å². The molecular formula is C12H15N3O3. The number of hydrogen-bond donors (Lipinski definition) is 2. The second kappa shape index (κ2) is 5.81. The van der Waals surface area contributed by atoms with E-state index in [9.17, 15) is 9.59 Å². The molecule has 1 aromatic carbocycles. The summed E-state index contributed by atoms with van der Waals surface area (Å²) in [6.07, 6.45) is 0. The van der Waals surface area contributed by atoms with Gasteiger partial charge in [-0.15, -0.1) is 0 Å². The van der Waals surface area contributed by atoms with E-state index in [2.05, 4.69) is 10.5 Å². The third-order valence-corrected chi connectivity index (χ3v) is 2.29. The number of ether oxygens (including phenoxy) is 1. The summed E-state index contributed by atoms with van der Waals surface area (Å²) in [5, 5.41) is 3.80. The SMILES string of the molecule is COc1ccc(C)cc1/C(C)=N\NC(=O)C(N)=O. The maximum absolute atomic E-state index is 11.0. The Morgan fingerprint density at radius 2 is 2.06 bits per heavy atom. The average molecular weight is 249 g/mol. The monoisotopic (exact) mass is 249 g/mol. The molecule has 0 unspecified atom stereocenters. The standard InChI is InChI=1S/C12H15N3O3/c1-7-4-5-10(18-3)9(6-7)8(2)14-15-12(17)11(13)16/h4-6H,1-3H3,(H2,13,16)(H,15,17)/b14-8-. The molecule has 0 fully saturated rings. The van der Waals surface area contributed by atoms with E-state index in [4.69, 9.17) is 10.5 Å². The van der Waals surface area contributed by atoms with Crippen molar-refractivity contribution in [2.24, 2.45) is 10.8 Å². The van der Waals surface area contributed by atoms with Crippen LogP contribution in [0.3, 0.4) is 0 Å². The van der Waals surface area contributed by atoms with Crippen LogP contribution in [-0.2, 0) is 9.59 Å². The summed E-state index contributed by atoms with van der Waals surface area (Å²) in [5.74, 6) is -1.40. The van der Waals surface area contributed by atoms with Crippen LogP contribution < -0.4 is 15.9 Å². The number of carbonyl (C=O) groups is 2. The highest BCUT2D eigenvalue weighted by Gasteiger charge is 2.09. The Kier molecular flexibility index (Phi) is 4.42. The molecule has 0 aliphatic rings. The molecule has 6 heteroatoms. The largest absolute Gasteiger partial charge is 0.496 e. The van der Waals surface area contributed by atoms with Crippen LogP contribution in [0.15, 0.2) is 23.3 Å². The van der Waals surface area contributed by atoms with Crippen molar-refractivity contribution < 1.29 is 14.3 Å². The third-order valence-electron chi connectivity index (χ3n) is 2.29. The van der Waals surface area contributed by atoms with E-state index < -0.39 is 11.8 Å². The van der Waals surface area contributed by atoms with Gasteiger partial charge in [0.25, 0.3) is 0 Å². The smallest absolute Gasteiger partial charge is 0.329 e. The predicted octanol–water partition coefficient (Wildman–Crippen LogP) is 0.329. The molecule has 0 saturated heterocycles. The van der Waals surface area contributed by atoms with Crippen molar-refractivity contribution in [1.82, 2.24) is 5.43 Å². The second-order valence-electron chi connectivity index (χ2n) is 3.71. The van der Waals surface area contributed by atoms with Gasteiger partial charge in [0.2, 0.25) is 0 Å². The number of primary amides is 1. The number of aryl methyl sites for hydroxylation is 1. The molecule has 18 heavy (non-hydrogen) atoms. The Bertz CT molecular complexity index is 509. The van der Waals surface area contributed by atoms with E-state index in [0.717, 1.165) is 11.1 Å². The van der Waals surface area contributed by atoms with Gasteiger partial charge in [-0.3, -0.25) is 9.59 Å². The van der Waals surface area contributed by atoms with Gasteiger partial charge in [0.05, 0.1) is 12.8 Å². The van der Waals surface area contributed by atoms with E-state index in [1.807, 2.05) is 19.1 Å². The predicted molar refractivity (Wildman–Crippen MR) is 67.3 cm³/mol. The van der Waals surface area contributed by atoms with Crippen LogP contribution in [-0.4, -0.2) is 24.6 Å². The van der Waals surface area contributed by atoms with Crippen LogP contribution >= 0.6 is 0 Å². The number of amides is 2. The lowest BCUT2D eigenvalue weighted by atomic mass is 10.1. The zero-order valence-electron chi connectivity index (χ0n) is 10.5. The first kappa shape index (κ1) is 13.7. The quantitative estimate of drug-likeness (QED) is 0.459. The molecule has 0 saturated carbocycles. The number of hydrogen-bond acceptors (Lipinski definition) is 4. The van der Waals surface area contributed by atoms with Crippen LogP contribution in [0.4, 0.5) is 0 Å². The number of hydrazone groups is 1. The molecule has 6 nitrogen and oxygen atoms in total. The minimum absolute atomic E-state index is 0.519. The van der Waals surface area contributed by atoms with Crippen molar-refractivity contribution in [3.05, 3.63) is 29.3 Å². The molecule has 0 aliphatic carbocycles. The van der Waals surface area contributed by atoms with Crippen molar-refractivity contribution >= 4 is 17.5 Å². The van der Waals surface area contributed by atoms with Crippen LogP contribution in [0.5, 0.6) is 5.75 Å². The summed E-state index contributed by atoms with van der Waals surface area (Å²) in [5.41, 5.74) is 9.15. The van der Waals surface area contributed by atoms with Gasteiger partial charge in [-0.05, 0) is 26.0 Å². The third kappa shape index (κ3) is 3.31. The highest BCUT2D eigenvalue weighted by molar-refractivity contribution is 6.34. The molecule has 1 rings (SSSR count). The minimum atomic E-state index is -1.08. The van der Waals surface area contributed by atoms with Crippen molar-refractivity contribution in [3.63, 3.8) is 0 Å². The molecule has 0 radical (unpaired) electrons. The highest BCUT2D eigenvalue weighted by atomic mass is 16.5. The zero-order valence-corrected chi connectivity index (χ0v) is 10.5. The summed E-state index contributed by atoms with van der Waals surface area (Å²) in [6, 6.07) is 5.57. The molecule has 96 valence electrons. The van der Waals surface area contributed by atoms with E-state index in [1.165, 1.54) is 0 Å². The van der Waals surface area contributed by atoms with E-state index >= 15 is 0 Å². The molecule has 0 aromatic heterocycles. The Morgan fingerprint density at radius 3 is 2.61 bits per heavy atom. The fourth-order valence-electron chi connectivity index (χ4n) is 1.35. The average Bonchev–Trinajstić information content (AvgIpc) is 2.35. The summed E-state index contributed by atoms with van der Waals surface area (Å²) >= 11 is 0. The van der Waals surface area contributed by atoms with E-state index in [-0.39, 0.29) is 0 Å². The Balaban J connectivity index is 2.99. The number of nitrogens with two attached hydrogens (primary N) is 1. The Labute approximate surface area is 105 Å². The summed E-state index contributed by atoms with van der Waals surface area (Å²) in [6.45, 7) is 3.62. The van der Waals surface area contributed by atoms with Crippen molar-refractivity contribution in [2.75, 3.05) is 7.11 Å². The lowest BCUT2D eigenvalue weighted by molar-refractivity contribution is -0.137. The van der Waals surface area contributed by atoms with Crippen LogP contribution in [0.25, 0.3) is 0 Å². The second-order valence-corrected chi connectivity index (χ2v) is 3.71. The van der Waals surface area contributed by atoms with E-state index in [0.29, 0.717) is 11.5 Å². The van der Waals surface area contributed by atoms with Crippen LogP contribution in [0, 0.1) is 6.92 Å². The molecule has 0 aliphatic heterocycles. The lowest BCUT2D eigenvalue weighted by Gasteiger charge is -2.09. The van der Waals surface area contributed by atoms with Gasteiger partial charge >= 0.3 is 11.8 Å². The van der Waals surface area contributed by atoms with Gasteiger partial charge < -0.3 is 10.5 Å². The maximum atomic E-state index is 11.0. The number of rotatable bonds is 3. The van der Waals surface area contributed by atoms with Crippen molar-refractivity contribution in [1.29, 1.82) is 0 Å². The minimum Gasteiger partial charge on any atom is -0.496 e. The molecule has 2 amide bonds. The van der Waals surface area contributed by atoms with Crippen LogP contribution in [0.1, 0.15) is 18.1 Å². The Hall–Kier alpha value is -2.37. The first-order valence-electron chi connectivity index (χ1n) is 5.24. The highest BCUT2D eigenvalue weighted by Crippen LogP contribution is 2.20. The maximum Gasteiger partial charge on any atom is 0.329 e. The summed E-state index contributed by atoms with van der Waals surface area (Å²) in [7, 11) is 1.55. The fourth-order valence-corrected chi connectivity index (χ4v) is 1.35. The van der Waals surface area contributed by atoms with Crippen molar-refractivity contribution in [3.8, 4) is 5.75 Å². The number of benzene rings is 1. The van der Waals surface area contributed by atoms with Gasteiger partial charge in [-0.25, -0.2) is 5.43 Å². The Morgan fingerprint density at radius 1 is 1.39 bits per heavy atom. The number of nitrogens with zero attached hydrogens (tertiary/aromatic N) is 1. The number of methoxy groups -OCH3 is 1. The van der Waals surface area contributed by atoms with Gasteiger partial charge in [0.15, 0.2) is 0 Å². The van der Waals surface area contributed by atoms with Crippen LogP contribution in [0.2, 0.25) is 0 Å². The van der Waals surface area contributed by atoms with E-state index in [1.54, 1.807) is 20.1 Å². The van der Waals surface area contributed by atoms with Crippen molar-refractivity contribution in [2.45, 2.75) is 13.8 Å². The van der Waals surface area contributed by atoms with Gasteiger partial charge in [-0.1, -0.05) is 11.6 Å². The molecule has 3 N–H and O–H groups in total. The molecule has 0 heterocycles. The van der Waals surface area contributed by atoms with Gasteiger partial charge in [0, 0.05) is 5.56 Å². The van der Waals surface area contributed by atoms with Gasteiger partial charge in [0.1, 0.15) is 5.75 Å². The summed E-state index contributed by atoms with van der Waals surface area (Å²) in [4.78, 5) is 21.5. The normalized spacial score (nSPS) is 10.9. The number of carbonyl (C=O) groups excluding carboxylic acids is 2. The first-order chi connectivity index (χ1) is 8.45. The molecule has 0 atom stereocenters. The van der Waals surface area contributed by atoms with Gasteiger partial charge in [-0.2, -0.15) is 5.10 Å². The lowest BCUT2D eigenvalue weighted by Crippen LogP contribution is -2.33. The molecular weight excluding hydrogens is 234 g/mol. The molecule has 1 aromatic rings. The zero-order chi connectivity index (χ0) is 13.7. The number of nitrogens with one attached hydrogen (secondary N) is 1. The molecule has 0 bridgehead atoms. The molecule has 0 spiro atoms. The summed E-state index contributed by atoms with van der Waals surface area (Å²) < 4.78 is 5.19. The first-order valence-corrected chi connectivity index (χ1v) is 5.24. The fraction of sp³-hybridized carbons (Fsp3) is 0.250.